The second-order valence-electron chi connectivity index (χ2n) is 13.8. The monoisotopic (exact) mass is 736 g/mol. The van der Waals surface area contributed by atoms with Crippen LogP contribution in [0, 0.1) is 0 Å². The van der Waals surface area contributed by atoms with Gasteiger partial charge >= 0.3 is 0 Å². The van der Waals surface area contributed by atoms with Crippen LogP contribution in [0.5, 0.6) is 0 Å². The van der Waals surface area contributed by atoms with Gasteiger partial charge in [-0.1, -0.05) is 152 Å². The molecule has 0 saturated heterocycles. The molecule has 4 aromatic heterocycles. The zero-order chi connectivity index (χ0) is 43.5. The smallest absolute Gasteiger partial charge is 0.167 e. The predicted molar refractivity (Wildman–Crippen MR) is 232 cm³/mol. The number of nitrogens with zero attached hydrogens (tertiary/aromatic N) is 5. The van der Waals surface area contributed by atoms with Crippen molar-refractivity contribution in [1.82, 2.24) is 24.1 Å². The molecular weight excluding hydrogens is 699 g/mol. The fourth-order valence-electron chi connectivity index (χ4n) is 8.14. The molecule has 6 nitrogen and oxygen atoms in total. The molecule has 12 rings (SSSR count). The Hall–Kier alpha value is -7.83. The SMILES string of the molecule is [2H]c1cc([2H])c2c(c1)c1c([2H])c([2H])c3c4c([2H])c([2H])cc([2H])c4n(-c4ccccc4)c3c1n2-c1cccc2c1oc1c(-c3nc(-c4ccccc4)nc(-c4ccccc4)n3)cccc12. The Kier molecular flexibility index (Phi) is 5.48. The lowest BCUT2D eigenvalue weighted by Crippen LogP contribution is -2.00. The van der Waals surface area contributed by atoms with E-state index in [9.17, 15) is 6.85 Å². The number of rotatable bonds is 5. The van der Waals surface area contributed by atoms with Gasteiger partial charge in [0.25, 0.3) is 0 Å². The molecule has 0 N–H and O–H groups in total. The molecule has 0 aliphatic rings. The maximum absolute atomic E-state index is 9.64. The van der Waals surface area contributed by atoms with Gasteiger partial charge in [0.15, 0.2) is 23.1 Å². The highest BCUT2D eigenvalue weighted by atomic mass is 16.3. The van der Waals surface area contributed by atoms with Crippen LogP contribution in [0.3, 0.4) is 0 Å². The number of para-hydroxylation sites is 5. The van der Waals surface area contributed by atoms with Crippen LogP contribution in [0.25, 0.3) is 111 Å². The van der Waals surface area contributed by atoms with Gasteiger partial charge < -0.3 is 13.6 Å². The summed E-state index contributed by atoms with van der Waals surface area (Å²) in [6.07, 6.45) is 0. The second kappa shape index (κ2) is 12.3. The zero-order valence-electron chi connectivity index (χ0n) is 37.0. The number of aromatic nitrogens is 5. The van der Waals surface area contributed by atoms with Crippen molar-refractivity contribution in [3.63, 3.8) is 0 Å². The molecule has 0 aliphatic carbocycles. The predicted octanol–water partition coefficient (Wildman–Crippen LogP) is 13.0. The quantitative estimate of drug-likeness (QED) is 0.176. The highest BCUT2D eigenvalue weighted by molar-refractivity contribution is 6.24. The molecule has 0 fully saturated rings. The first-order chi connectivity index (χ1) is 31.2. The van der Waals surface area contributed by atoms with E-state index in [1.54, 1.807) is 6.07 Å². The molecule has 8 aromatic carbocycles. The highest BCUT2D eigenvalue weighted by Gasteiger charge is 2.24. The topological polar surface area (TPSA) is 61.7 Å². The van der Waals surface area contributed by atoms with Gasteiger partial charge in [0, 0.05) is 49.1 Å². The molecule has 57 heavy (non-hydrogen) atoms. The van der Waals surface area contributed by atoms with Crippen LogP contribution in [0.4, 0.5) is 0 Å². The van der Waals surface area contributed by atoms with Gasteiger partial charge in [-0.25, -0.2) is 15.0 Å². The van der Waals surface area contributed by atoms with Crippen molar-refractivity contribution in [1.29, 1.82) is 0 Å². The van der Waals surface area contributed by atoms with Gasteiger partial charge in [-0.2, -0.15) is 0 Å². The van der Waals surface area contributed by atoms with Gasteiger partial charge in [-0.15, -0.1) is 0 Å². The summed E-state index contributed by atoms with van der Waals surface area (Å²) in [5.41, 5.74) is 6.01. The van der Waals surface area contributed by atoms with E-state index in [0.29, 0.717) is 78.4 Å². The van der Waals surface area contributed by atoms with Crippen LogP contribution in [0.15, 0.2) is 192 Å². The van der Waals surface area contributed by atoms with E-state index in [2.05, 4.69) is 0 Å². The lowest BCUT2D eigenvalue weighted by Gasteiger charge is -2.12. The second-order valence-corrected chi connectivity index (χ2v) is 13.8. The Labute approximate surface area is 336 Å². The van der Waals surface area contributed by atoms with Gasteiger partial charge in [0.05, 0.1) is 42.9 Å². The van der Waals surface area contributed by atoms with Crippen molar-refractivity contribution in [2.24, 2.45) is 0 Å². The van der Waals surface area contributed by atoms with Crippen LogP contribution in [-0.2, 0) is 0 Å². The highest BCUT2D eigenvalue weighted by Crippen LogP contribution is 2.44. The fourth-order valence-corrected chi connectivity index (χ4v) is 8.14. The molecule has 0 aliphatic heterocycles. The molecule has 0 radical (unpaired) electrons. The van der Waals surface area contributed by atoms with Crippen molar-refractivity contribution in [2.45, 2.75) is 0 Å². The van der Waals surface area contributed by atoms with E-state index in [0.717, 1.165) is 21.9 Å². The molecule has 0 unspecified atom stereocenters. The van der Waals surface area contributed by atoms with E-state index >= 15 is 0 Å². The van der Waals surface area contributed by atoms with E-state index in [1.165, 1.54) is 12.1 Å². The molecule has 0 atom stereocenters. The third-order valence-electron chi connectivity index (χ3n) is 10.6. The van der Waals surface area contributed by atoms with Crippen LogP contribution in [0.1, 0.15) is 9.60 Å². The number of hydrogen-bond donors (Lipinski definition) is 0. The van der Waals surface area contributed by atoms with Crippen LogP contribution in [0.2, 0.25) is 0 Å². The molecule has 12 aromatic rings. The summed E-state index contributed by atoms with van der Waals surface area (Å²) in [5, 5.41) is 2.77. The standard InChI is InChI=1S/C51H31N5O/c1-4-16-32(17-5-1)49-52-50(33-18-6-2-7-19-33)54-51(53-49)41-26-14-24-39-40-25-15-29-44(48(40)57-47(39)41)56-43-28-13-11-23-36(43)38-31-30-37-35-22-10-12-27-42(35)55(45(37)46(38)56)34-20-8-3-9-21-34/h1-31H/i10D,11D,22D,27D,28D,30D,31D. The average Bonchev–Trinajstić information content (AvgIpc) is 4.00. The van der Waals surface area contributed by atoms with Crippen LogP contribution < -0.4 is 0 Å². The molecule has 0 bridgehead atoms. The van der Waals surface area contributed by atoms with Crippen molar-refractivity contribution < 1.29 is 14.0 Å². The molecular formula is C51H31N5O. The number of furan rings is 1. The summed E-state index contributed by atoms with van der Waals surface area (Å²) >= 11 is 0. The minimum Gasteiger partial charge on any atom is -0.453 e. The van der Waals surface area contributed by atoms with Gasteiger partial charge in [0.1, 0.15) is 5.58 Å². The fraction of sp³-hybridized carbons (Fsp3) is 0. The molecule has 0 saturated carbocycles. The Morgan fingerprint density at radius 2 is 0.982 bits per heavy atom. The Morgan fingerprint density at radius 3 is 1.70 bits per heavy atom. The van der Waals surface area contributed by atoms with Crippen molar-refractivity contribution in [2.75, 3.05) is 0 Å². The third kappa shape index (κ3) is 4.74. The molecule has 0 spiro atoms. The molecule has 6 heteroatoms. The summed E-state index contributed by atoms with van der Waals surface area (Å²) < 4.78 is 75.2. The normalized spacial score (nSPS) is 13.6. The summed E-state index contributed by atoms with van der Waals surface area (Å²) in [6.45, 7) is 0. The van der Waals surface area contributed by atoms with Crippen LogP contribution in [-0.4, -0.2) is 24.1 Å². The Bertz CT molecular complexity index is 3870. The lowest BCUT2D eigenvalue weighted by atomic mass is 10.1. The molecule has 4 heterocycles. The Balaban J connectivity index is 1.23. The van der Waals surface area contributed by atoms with E-state index in [-0.39, 0.29) is 53.1 Å². The molecule has 266 valence electrons. The minimum absolute atomic E-state index is 0.0106. The minimum atomic E-state index is -0.185. The van der Waals surface area contributed by atoms with Gasteiger partial charge in [0.2, 0.25) is 0 Å². The van der Waals surface area contributed by atoms with E-state index in [1.807, 2.05) is 137 Å². The molecule has 0 amide bonds. The largest absolute Gasteiger partial charge is 0.453 e. The Morgan fingerprint density at radius 1 is 0.404 bits per heavy atom. The maximum atomic E-state index is 9.64. The first kappa shape index (κ1) is 25.3. The summed E-state index contributed by atoms with van der Waals surface area (Å²) in [7, 11) is 0. The van der Waals surface area contributed by atoms with E-state index < -0.39 is 0 Å². The third-order valence-corrected chi connectivity index (χ3v) is 10.6. The summed E-state index contributed by atoms with van der Waals surface area (Å²) in [5.74, 6) is 1.42. The van der Waals surface area contributed by atoms with E-state index in [4.69, 9.17) is 22.1 Å². The number of fused-ring (bicyclic) bond motifs is 10. The van der Waals surface area contributed by atoms with Gasteiger partial charge in [-0.05, 0) is 36.4 Å². The summed E-state index contributed by atoms with van der Waals surface area (Å²) in [6, 6.07) is 44.2. The lowest BCUT2D eigenvalue weighted by molar-refractivity contribution is 0.667. The maximum Gasteiger partial charge on any atom is 0.167 e. The zero-order valence-corrected chi connectivity index (χ0v) is 30.0. The average molecular weight is 737 g/mol. The van der Waals surface area contributed by atoms with Crippen molar-refractivity contribution in [3.8, 4) is 45.5 Å². The first-order valence-electron chi connectivity index (χ1n) is 22.0. The van der Waals surface area contributed by atoms with Gasteiger partial charge in [-0.3, -0.25) is 0 Å². The first-order valence-corrected chi connectivity index (χ1v) is 18.5. The van der Waals surface area contributed by atoms with Crippen molar-refractivity contribution in [3.05, 3.63) is 188 Å². The number of hydrogen-bond acceptors (Lipinski definition) is 4. The van der Waals surface area contributed by atoms with Crippen LogP contribution >= 0.6 is 0 Å². The number of benzene rings is 8. The van der Waals surface area contributed by atoms with Crippen molar-refractivity contribution >= 4 is 65.6 Å². The summed E-state index contributed by atoms with van der Waals surface area (Å²) in [4.78, 5) is 14.9.